The van der Waals surface area contributed by atoms with E-state index >= 15 is 0 Å². The lowest BCUT2D eigenvalue weighted by Gasteiger charge is -2.35. The van der Waals surface area contributed by atoms with Gasteiger partial charge >= 0.3 is 0 Å². The molecule has 0 spiro atoms. The third-order valence-electron chi connectivity index (χ3n) is 4.71. The van der Waals surface area contributed by atoms with Crippen LogP contribution < -0.4 is 5.32 Å². The molecule has 1 fully saturated rings. The lowest BCUT2D eigenvalue weighted by Crippen LogP contribution is -2.42. The fraction of sp³-hybridized carbons (Fsp3) is 0.647. The average molecular weight is 293 g/mol. The Labute approximate surface area is 128 Å². The monoisotopic (exact) mass is 293 g/mol. The predicted molar refractivity (Wildman–Crippen MR) is 86.0 cm³/mol. The average Bonchev–Trinajstić information content (AvgIpc) is 2.50. The molecule has 0 aliphatic carbocycles. The van der Waals surface area contributed by atoms with Gasteiger partial charge in [-0.15, -0.1) is 0 Å². The number of hydrogen-bond donors (Lipinski definition) is 1. The molecule has 0 saturated carbocycles. The van der Waals surface area contributed by atoms with E-state index in [-0.39, 0.29) is 11.9 Å². The van der Waals surface area contributed by atoms with Gasteiger partial charge in [0.1, 0.15) is 5.82 Å². The Morgan fingerprint density at radius 3 is 2.62 bits per heavy atom. The molecule has 1 heterocycles. The van der Waals surface area contributed by atoms with Crippen molar-refractivity contribution >= 4 is 0 Å². The van der Waals surface area contributed by atoms with Crippen LogP contribution in [0.5, 0.6) is 0 Å². The molecule has 3 nitrogen and oxygen atoms in total. The minimum Gasteiger partial charge on any atom is -0.313 e. The zero-order chi connectivity index (χ0) is 15.2. The molecule has 1 aromatic carbocycles. The quantitative estimate of drug-likeness (QED) is 0.869. The third-order valence-corrected chi connectivity index (χ3v) is 4.71. The first-order chi connectivity index (χ1) is 10.1. The first-order valence-electron chi connectivity index (χ1n) is 7.92. The van der Waals surface area contributed by atoms with E-state index in [1.165, 1.54) is 25.9 Å². The zero-order valence-corrected chi connectivity index (χ0v) is 13.5. The molecule has 0 amide bonds. The molecule has 1 aliphatic rings. The maximum Gasteiger partial charge on any atom is 0.127 e. The van der Waals surface area contributed by atoms with Crippen LogP contribution in [0.1, 0.15) is 30.9 Å². The van der Waals surface area contributed by atoms with Crippen LogP contribution in [-0.2, 0) is 0 Å². The summed E-state index contributed by atoms with van der Waals surface area (Å²) in [6, 6.07) is 7.82. The van der Waals surface area contributed by atoms with E-state index < -0.39 is 0 Å². The molecular formula is C17H28FN3. The molecule has 4 heteroatoms. The van der Waals surface area contributed by atoms with Gasteiger partial charge in [0.15, 0.2) is 0 Å². The SMILES string of the molecule is CNC(CCN(C)C1CCN(C)CC1)c1ccccc1F. The number of hydrogen-bond acceptors (Lipinski definition) is 3. The summed E-state index contributed by atoms with van der Waals surface area (Å²) in [5, 5.41) is 3.25. The smallest absolute Gasteiger partial charge is 0.127 e. The fourth-order valence-electron chi connectivity index (χ4n) is 3.16. The molecule has 0 aromatic heterocycles. The maximum atomic E-state index is 13.9. The standard InChI is InChI=1S/C17H28FN3/c1-19-17(15-6-4-5-7-16(15)18)10-13-21(3)14-8-11-20(2)12-9-14/h4-7,14,17,19H,8-13H2,1-3H3. The second-order valence-electron chi connectivity index (χ2n) is 6.17. The van der Waals surface area contributed by atoms with E-state index in [4.69, 9.17) is 0 Å². The molecule has 21 heavy (non-hydrogen) atoms. The highest BCUT2D eigenvalue weighted by atomic mass is 19.1. The predicted octanol–water partition coefficient (Wildman–Crippen LogP) is 2.50. The van der Waals surface area contributed by atoms with Crippen molar-refractivity contribution in [3.8, 4) is 0 Å². The van der Waals surface area contributed by atoms with E-state index in [9.17, 15) is 4.39 Å². The topological polar surface area (TPSA) is 18.5 Å². The van der Waals surface area contributed by atoms with Crippen LogP contribution in [0.4, 0.5) is 4.39 Å². The lowest BCUT2D eigenvalue weighted by atomic mass is 10.0. The van der Waals surface area contributed by atoms with Crippen molar-refractivity contribution in [2.75, 3.05) is 40.8 Å². The summed E-state index contributed by atoms with van der Waals surface area (Å²) in [4.78, 5) is 4.83. The van der Waals surface area contributed by atoms with Gasteiger partial charge in [0.2, 0.25) is 0 Å². The Morgan fingerprint density at radius 2 is 2.00 bits per heavy atom. The van der Waals surface area contributed by atoms with Gasteiger partial charge in [-0.1, -0.05) is 18.2 Å². The van der Waals surface area contributed by atoms with Crippen LogP contribution in [-0.4, -0.2) is 56.6 Å². The van der Waals surface area contributed by atoms with E-state index in [1.54, 1.807) is 12.1 Å². The molecular weight excluding hydrogens is 265 g/mol. The highest BCUT2D eigenvalue weighted by molar-refractivity contribution is 5.21. The van der Waals surface area contributed by atoms with Gasteiger partial charge in [-0.05, 0) is 66.1 Å². The van der Waals surface area contributed by atoms with Gasteiger partial charge in [0.05, 0.1) is 0 Å². The van der Waals surface area contributed by atoms with E-state index in [0.717, 1.165) is 18.5 Å². The van der Waals surface area contributed by atoms with Crippen molar-refractivity contribution < 1.29 is 4.39 Å². The Morgan fingerprint density at radius 1 is 1.33 bits per heavy atom. The zero-order valence-electron chi connectivity index (χ0n) is 13.5. The molecule has 0 radical (unpaired) electrons. The number of rotatable bonds is 6. The van der Waals surface area contributed by atoms with Gasteiger partial charge < -0.3 is 15.1 Å². The number of nitrogens with zero attached hydrogens (tertiary/aromatic N) is 2. The van der Waals surface area contributed by atoms with Crippen LogP contribution in [0.3, 0.4) is 0 Å². The molecule has 118 valence electrons. The number of likely N-dealkylation sites (tertiary alicyclic amines) is 1. The molecule has 1 atom stereocenters. The highest BCUT2D eigenvalue weighted by Crippen LogP contribution is 2.21. The minimum atomic E-state index is -0.112. The Hall–Kier alpha value is -0.970. The lowest BCUT2D eigenvalue weighted by molar-refractivity contribution is 0.140. The summed E-state index contributed by atoms with van der Waals surface area (Å²) in [6.07, 6.45) is 3.40. The van der Waals surface area contributed by atoms with Crippen molar-refractivity contribution in [1.29, 1.82) is 0 Å². The number of benzene rings is 1. The van der Waals surface area contributed by atoms with Gasteiger partial charge in [0, 0.05) is 17.6 Å². The second kappa shape index (κ2) is 7.87. The van der Waals surface area contributed by atoms with Crippen LogP contribution in [0.2, 0.25) is 0 Å². The number of piperidine rings is 1. The van der Waals surface area contributed by atoms with Crippen molar-refractivity contribution in [3.63, 3.8) is 0 Å². The summed E-state index contributed by atoms with van der Waals surface area (Å²) >= 11 is 0. The van der Waals surface area contributed by atoms with Gasteiger partial charge in [0.25, 0.3) is 0 Å². The van der Waals surface area contributed by atoms with Gasteiger partial charge in [-0.2, -0.15) is 0 Å². The van der Waals surface area contributed by atoms with Crippen molar-refractivity contribution in [1.82, 2.24) is 15.1 Å². The van der Waals surface area contributed by atoms with Crippen LogP contribution in [0, 0.1) is 5.82 Å². The van der Waals surface area contributed by atoms with Crippen LogP contribution in [0.15, 0.2) is 24.3 Å². The first-order valence-corrected chi connectivity index (χ1v) is 7.92. The van der Waals surface area contributed by atoms with E-state index in [0.29, 0.717) is 6.04 Å². The second-order valence-corrected chi connectivity index (χ2v) is 6.17. The maximum absolute atomic E-state index is 13.9. The molecule has 2 rings (SSSR count). The highest BCUT2D eigenvalue weighted by Gasteiger charge is 2.21. The first kappa shape index (κ1) is 16.4. The molecule has 1 N–H and O–H groups in total. The van der Waals surface area contributed by atoms with E-state index in [1.807, 2.05) is 19.2 Å². The summed E-state index contributed by atoms with van der Waals surface area (Å²) in [5.41, 5.74) is 0.775. The molecule has 1 unspecified atom stereocenters. The molecule has 0 bridgehead atoms. The fourth-order valence-corrected chi connectivity index (χ4v) is 3.16. The number of halogens is 1. The van der Waals surface area contributed by atoms with E-state index in [2.05, 4.69) is 29.2 Å². The molecule has 1 aromatic rings. The van der Waals surface area contributed by atoms with Gasteiger partial charge in [-0.25, -0.2) is 4.39 Å². The van der Waals surface area contributed by atoms with Crippen molar-refractivity contribution in [2.45, 2.75) is 31.3 Å². The molecule has 1 saturated heterocycles. The third kappa shape index (κ3) is 4.50. The summed E-state index contributed by atoms with van der Waals surface area (Å²) in [7, 11) is 6.29. The summed E-state index contributed by atoms with van der Waals surface area (Å²) in [6.45, 7) is 3.35. The Balaban J connectivity index is 1.87. The Bertz CT molecular complexity index is 430. The normalized spacial score (nSPS) is 19.1. The van der Waals surface area contributed by atoms with Crippen LogP contribution in [0.25, 0.3) is 0 Å². The number of nitrogens with one attached hydrogen (secondary N) is 1. The van der Waals surface area contributed by atoms with Crippen molar-refractivity contribution in [2.24, 2.45) is 0 Å². The van der Waals surface area contributed by atoms with Crippen molar-refractivity contribution in [3.05, 3.63) is 35.6 Å². The Kier molecular flexibility index (Phi) is 6.15. The minimum absolute atomic E-state index is 0.0833. The summed E-state index contributed by atoms with van der Waals surface area (Å²) in [5.74, 6) is -0.112. The largest absolute Gasteiger partial charge is 0.313 e. The van der Waals surface area contributed by atoms with Gasteiger partial charge in [-0.3, -0.25) is 0 Å². The summed E-state index contributed by atoms with van der Waals surface area (Å²) < 4.78 is 13.9. The molecule has 1 aliphatic heterocycles. The van der Waals surface area contributed by atoms with Crippen LogP contribution >= 0.6 is 0 Å².